The lowest BCUT2D eigenvalue weighted by Crippen LogP contribution is -2.34. The second kappa shape index (κ2) is 3.39. The largest absolute Gasteiger partial charge is 0.285 e. The standard InChI is InChI=1S/C10H19N2S/c1-7(2)9-8(3)11-10(13-9)12(4,5)6/h7H,1-6H3/q+1. The molecule has 1 aromatic heterocycles. The Balaban J connectivity index is 3.10. The molecule has 0 aliphatic heterocycles. The van der Waals surface area contributed by atoms with Crippen molar-refractivity contribution in [3.8, 4) is 0 Å². The van der Waals surface area contributed by atoms with Crippen LogP contribution in [0.3, 0.4) is 0 Å². The number of aryl methyl sites for hydroxylation is 1. The fourth-order valence-corrected chi connectivity index (χ4v) is 2.30. The summed E-state index contributed by atoms with van der Waals surface area (Å²) in [4.78, 5) is 6.01. The molecule has 1 rings (SSSR count). The van der Waals surface area contributed by atoms with Crippen LogP contribution in [0.15, 0.2) is 0 Å². The predicted molar refractivity (Wildman–Crippen MR) is 60.5 cm³/mol. The summed E-state index contributed by atoms with van der Waals surface area (Å²) in [7, 11) is 6.47. The molecule has 0 unspecified atom stereocenters. The Bertz CT molecular complexity index is 294. The summed E-state index contributed by atoms with van der Waals surface area (Å²) in [6.07, 6.45) is 0. The summed E-state index contributed by atoms with van der Waals surface area (Å²) in [5, 5.41) is 1.20. The normalized spacial score (nSPS) is 12.5. The summed E-state index contributed by atoms with van der Waals surface area (Å²) >= 11 is 1.84. The third kappa shape index (κ3) is 2.29. The van der Waals surface area contributed by atoms with Crippen molar-refractivity contribution < 1.29 is 0 Å². The molecule has 1 heterocycles. The molecule has 0 saturated carbocycles. The highest BCUT2D eigenvalue weighted by molar-refractivity contribution is 7.15. The van der Waals surface area contributed by atoms with Crippen molar-refractivity contribution in [2.45, 2.75) is 26.7 Å². The fraction of sp³-hybridized carbons (Fsp3) is 0.700. The second-order valence-electron chi connectivity index (χ2n) is 4.61. The van der Waals surface area contributed by atoms with Crippen LogP contribution in [0.1, 0.15) is 30.3 Å². The van der Waals surface area contributed by atoms with Gasteiger partial charge >= 0.3 is 0 Å². The SMILES string of the molecule is Cc1nc([N+](C)(C)C)sc1C(C)C. The van der Waals surface area contributed by atoms with E-state index in [1.54, 1.807) is 0 Å². The van der Waals surface area contributed by atoms with Crippen LogP contribution in [0, 0.1) is 6.92 Å². The number of nitrogens with zero attached hydrogens (tertiary/aromatic N) is 2. The quantitative estimate of drug-likeness (QED) is 0.667. The smallest absolute Gasteiger partial charge is 0.273 e. The van der Waals surface area contributed by atoms with E-state index in [1.807, 2.05) is 11.3 Å². The summed E-state index contributed by atoms with van der Waals surface area (Å²) < 4.78 is 0.818. The Kier molecular flexibility index (Phi) is 2.78. The van der Waals surface area contributed by atoms with Gasteiger partial charge in [0.2, 0.25) is 0 Å². The highest BCUT2D eigenvalue weighted by atomic mass is 32.1. The van der Waals surface area contributed by atoms with Gasteiger partial charge in [0.1, 0.15) is 0 Å². The van der Waals surface area contributed by atoms with Crippen LogP contribution in [0.2, 0.25) is 0 Å². The molecule has 0 amide bonds. The number of hydrogen-bond donors (Lipinski definition) is 0. The molecule has 13 heavy (non-hydrogen) atoms. The lowest BCUT2D eigenvalue weighted by atomic mass is 10.1. The van der Waals surface area contributed by atoms with Crippen molar-refractivity contribution in [2.24, 2.45) is 0 Å². The topological polar surface area (TPSA) is 12.9 Å². The van der Waals surface area contributed by atoms with Gasteiger partial charge in [0.25, 0.3) is 5.13 Å². The van der Waals surface area contributed by atoms with E-state index in [4.69, 9.17) is 0 Å². The molecule has 1 aromatic rings. The van der Waals surface area contributed by atoms with Gasteiger partial charge in [0.15, 0.2) is 0 Å². The first-order valence-corrected chi connectivity index (χ1v) is 5.43. The van der Waals surface area contributed by atoms with E-state index in [0.29, 0.717) is 5.92 Å². The fourth-order valence-electron chi connectivity index (χ4n) is 1.22. The first kappa shape index (κ1) is 10.7. The predicted octanol–water partition coefficient (Wildman–Crippen LogP) is 2.77. The lowest BCUT2D eigenvalue weighted by Gasteiger charge is -2.18. The molecule has 3 heteroatoms. The Morgan fingerprint density at radius 3 is 2.00 bits per heavy atom. The van der Waals surface area contributed by atoms with E-state index in [0.717, 1.165) is 4.48 Å². The Labute approximate surface area is 84.8 Å². The molecule has 0 N–H and O–H groups in total. The molecule has 0 aromatic carbocycles. The highest BCUT2D eigenvalue weighted by Crippen LogP contribution is 2.32. The molecule has 0 saturated heterocycles. The zero-order chi connectivity index (χ0) is 10.2. The van der Waals surface area contributed by atoms with E-state index in [9.17, 15) is 0 Å². The van der Waals surface area contributed by atoms with Gasteiger partial charge < -0.3 is 0 Å². The molecular formula is C10H19N2S+. The molecule has 0 bridgehead atoms. The number of thiazole rings is 1. The van der Waals surface area contributed by atoms with Gasteiger partial charge in [-0.15, -0.1) is 0 Å². The molecule has 0 fully saturated rings. The highest BCUT2D eigenvalue weighted by Gasteiger charge is 2.20. The van der Waals surface area contributed by atoms with Crippen LogP contribution >= 0.6 is 11.3 Å². The van der Waals surface area contributed by atoms with Gasteiger partial charge in [0, 0.05) is 4.88 Å². The summed E-state index contributed by atoms with van der Waals surface area (Å²) in [6.45, 7) is 6.55. The Morgan fingerprint density at radius 1 is 1.23 bits per heavy atom. The maximum absolute atomic E-state index is 4.59. The first-order valence-electron chi connectivity index (χ1n) is 4.61. The Morgan fingerprint density at radius 2 is 1.77 bits per heavy atom. The zero-order valence-corrected chi connectivity index (χ0v) is 10.2. The third-order valence-electron chi connectivity index (χ3n) is 1.92. The number of quaternary nitrogens is 1. The summed E-state index contributed by atoms with van der Waals surface area (Å²) in [6, 6.07) is 0. The molecule has 0 atom stereocenters. The van der Waals surface area contributed by atoms with E-state index in [1.165, 1.54) is 15.7 Å². The summed E-state index contributed by atoms with van der Waals surface area (Å²) in [5.41, 5.74) is 1.20. The molecule has 2 nitrogen and oxygen atoms in total. The van der Waals surface area contributed by atoms with Crippen molar-refractivity contribution in [3.63, 3.8) is 0 Å². The minimum absolute atomic E-state index is 0.595. The van der Waals surface area contributed by atoms with Gasteiger partial charge in [-0.05, 0) is 12.8 Å². The van der Waals surface area contributed by atoms with Crippen LogP contribution < -0.4 is 4.48 Å². The van der Waals surface area contributed by atoms with Gasteiger partial charge in [-0.25, -0.2) is 0 Å². The van der Waals surface area contributed by atoms with Crippen molar-refractivity contribution in [3.05, 3.63) is 10.6 Å². The van der Waals surface area contributed by atoms with Gasteiger partial charge in [-0.1, -0.05) is 25.2 Å². The van der Waals surface area contributed by atoms with E-state index in [2.05, 4.69) is 46.9 Å². The van der Waals surface area contributed by atoms with Gasteiger partial charge in [-0.2, -0.15) is 4.98 Å². The first-order chi connectivity index (χ1) is 5.82. The van der Waals surface area contributed by atoms with E-state index >= 15 is 0 Å². The van der Waals surface area contributed by atoms with Gasteiger partial charge in [0.05, 0.1) is 26.8 Å². The maximum Gasteiger partial charge on any atom is 0.285 e. The average Bonchev–Trinajstić information content (AvgIpc) is 2.29. The van der Waals surface area contributed by atoms with E-state index in [-0.39, 0.29) is 0 Å². The monoisotopic (exact) mass is 199 g/mol. The molecule has 0 spiro atoms. The molecule has 74 valence electrons. The van der Waals surface area contributed by atoms with Crippen molar-refractivity contribution in [1.82, 2.24) is 9.47 Å². The van der Waals surface area contributed by atoms with Crippen LogP contribution in [0.5, 0.6) is 0 Å². The lowest BCUT2D eigenvalue weighted by molar-refractivity contribution is 0.483. The third-order valence-corrected chi connectivity index (χ3v) is 3.73. The maximum atomic E-state index is 4.59. The van der Waals surface area contributed by atoms with Crippen molar-refractivity contribution >= 4 is 16.5 Å². The minimum Gasteiger partial charge on any atom is -0.273 e. The minimum atomic E-state index is 0.595. The van der Waals surface area contributed by atoms with Gasteiger partial charge in [-0.3, -0.25) is 4.48 Å². The van der Waals surface area contributed by atoms with Crippen molar-refractivity contribution in [2.75, 3.05) is 21.1 Å². The number of aromatic nitrogens is 1. The molecule has 0 radical (unpaired) electrons. The average molecular weight is 199 g/mol. The molecule has 0 aliphatic rings. The van der Waals surface area contributed by atoms with Crippen molar-refractivity contribution in [1.29, 1.82) is 0 Å². The van der Waals surface area contributed by atoms with Crippen LogP contribution in [0.4, 0.5) is 5.13 Å². The zero-order valence-electron chi connectivity index (χ0n) is 9.38. The van der Waals surface area contributed by atoms with Crippen LogP contribution in [-0.2, 0) is 0 Å². The summed E-state index contributed by atoms with van der Waals surface area (Å²) in [5.74, 6) is 0.595. The second-order valence-corrected chi connectivity index (χ2v) is 5.62. The van der Waals surface area contributed by atoms with E-state index < -0.39 is 0 Å². The number of hydrogen-bond acceptors (Lipinski definition) is 2. The molecule has 0 aliphatic carbocycles. The molecular weight excluding hydrogens is 180 g/mol. The van der Waals surface area contributed by atoms with Crippen LogP contribution in [-0.4, -0.2) is 26.1 Å². The number of rotatable bonds is 2. The van der Waals surface area contributed by atoms with Crippen LogP contribution in [0.25, 0.3) is 0 Å². The Hall–Kier alpha value is -0.410.